The van der Waals surface area contributed by atoms with Gasteiger partial charge in [0.15, 0.2) is 6.10 Å². The number of esters is 1. The average molecular weight is 408 g/mol. The number of ether oxygens (including phenoxy) is 1. The third kappa shape index (κ3) is 5.39. The highest BCUT2D eigenvalue weighted by molar-refractivity contribution is 9.10. The Bertz CT molecular complexity index is 691. The summed E-state index contributed by atoms with van der Waals surface area (Å²) in [4.78, 5) is 26.7. The molecule has 1 amide bonds. The van der Waals surface area contributed by atoms with E-state index in [0.717, 1.165) is 15.1 Å². The predicted octanol–water partition coefficient (Wildman–Crippen LogP) is 4.14. The third-order valence-corrected chi connectivity index (χ3v) is 4.81. The Morgan fingerprint density at radius 1 is 1.12 bits per heavy atom. The summed E-state index contributed by atoms with van der Waals surface area (Å²) < 4.78 is 6.22. The molecule has 0 radical (unpaired) electrons. The van der Waals surface area contributed by atoms with Crippen molar-refractivity contribution in [3.63, 3.8) is 0 Å². The number of rotatable bonds is 6. The number of benzene rings is 2. The van der Waals surface area contributed by atoms with Gasteiger partial charge in [0.05, 0.1) is 5.75 Å². The van der Waals surface area contributed by atoms with Crippen LogP contribution in [0.2, 0.25) is 0 Å². The predicted molar refractivity (Wildman–Crippen MR) is 100 cm³/mol. The molecule has 24 heavy (non-hydrogen) atoms. The van der Waals surface area contributed by atoms with Crippen molar-refractivity contribution in [3.8, 4) is 0 Å². The molecule has 0 aromatic heterocycles. The van der Waals surface area contributed by atoms with Crippen LogP contribution in [-0.2, 0) is 14.3 Å². The van der Waals surface area contributed by atoms with E-state index in [9.17, 15) is 9.59 Å². The van der Waals surface area contributed by atoms with E-state index in [2.05, 4.69) is 15.9 Å². The Morgan fingerprint density at radius 3 is 2.38 bits per heavy atom. The summed E-state index contributed by atoms with van der Waals surface area (Å²) in [5.41, 5.74) is 0.759. The van der Waals surface area contributed by atoms with Gasteiger partial charge >= 0.3 is 5.97 Å². The van der Waals surface area contributed by atoms with E-state index >= 15 is 0 Å². The molecule has 2 rings (SSSR count). The number of hydrogen-bond acceptors (Lipinski definition) is 4. The zero-order chi connectivity index (χ0) is 17.5. The first kappa shape index (κ1) is 18.5. The molecule has 0 saturated heterocycles. The van der Waals surface area contributed by atoms with Gasteiger partial charge in [-0.15, -0.1) is 11.8 Å². The molecule has 2 aromatic rings. The van der Waals surface area contributed by atoms with Crippen LogP contribution in [-0.4, -0.2) is 30.8 Å². The lowest BCUT2D eigenvalue weighted by Crippen LogP contribution is -2.37. The highest BCUT2D eigenvalue weighted by atomic mass is 79.9. The van der Waals surface area contributed by atoms with Crippen molar-refractivity contribution in [2.75, 3.05) is 17.7 Å². The first-order valence-corrected chi connectivity index (χ1v) is 9.15. The molecule has 126 valence electrons. The zero-order valence-electron chi connectivity index (χ0n) is 13.4. The lowest BCUT2D eigenvalue weighted by Gasteiger charge is -2.21. The van der Waals surface area contributed by atoms with Crippen molar-refractivity contribution < 1.29 is 14.3 Å². The molecule has 0 aliphatic carbocycles. The highest BCUT2D eigenvalue weighted by Crippen LogP contribution is 2.21. The second-order valence-corrected chi connectivity index (χ2v) is 7.07. The summed E-state index contributed by atoms with van der Waals surface area (Å²) in [5, 5.41) is 0. The second-order valence-electron chi connectivity index (χ2n) is 5.11. The Morgan fingerprint density at radius 2 is 1.75 bits per heavy atom. The van der Waals surface area contributed by atoms with Crippen LogP contribution in [0.15, 0.2) is 64.0 Å². The van der Waals surface area contributed by atoms with Gasteiger partial charge in [-0.2, -0.15) is 0 Å². The molecule has 0 spiro atoms. The van der Waals surface area contributed by atoms with Gasteiger partial charge in [0.2, 0.25) is 0 Å². The van der Waals surface area contributed by atoms with Gasteiger partial charge in [0.25, 0.3) is 5.91 Å². The smallest absolute Gasteiger partial charge is 0.317 e. The van der Waals surface area contributed by atoms with E-state index in [4.69, 9.17) is 4.74 Å². The van der Waals surface area contributed by atoms with Crippen molar-refractivity contribution in [1.82, 2.24) is 0 Å². The second kappa shape index (κ2) is 8.89. The minimum absolute atomic E-state index is 0.161. The van der Waals surface area contributed by atoms with Crippen molar-refractivity contribution in [1.29, 1.82) is 0 Å². The van der Waals surface area contributed by atoms with Crippen molar-refractivity contribution >= 4 is 45.3 Å². The zero-order valence-corrected chi connectivity index (χ0v) is 15.8. The van der Waals surface area contributed by atoms with Crippen LogP contribution in [0.4, 0.5) is 5.69 Å². The monoisotopic (exact) mass is 407 g/mol. The van der Waals surface area contributed by atoms with E-state index in [1.54, 1.807) is 14.0 Å². The Hall–Kier alpha value is -1.79. The molecule has 0 fully saturated rings. The number of carbonyl (C=O) groups is 2. The molecule has 2 aromatic carbocycles. The van der Waals surface area contributed by atoms with Crippen LogP contribution < -0.4 is 4.90 Å². The minimum Gasteiger partial charge on any atom is -0.452 e. The fourth-order valence-electron chi connectivity index (χ4n) is 2.01. The summed E-state index contributed by atoms with van der Waals surface area (Å²) >= 11 is 4.74. The van der Waals surface area contributed by atoms with Crippen LogP contribution in [0.3, 0.4) is 0 Å². The van der Waals surface area contributed by atoms with Crippen LogP contribution in [0.25, 0.3) is 0 Å². The molecule has 0 N–H and O–H groups in total. The summed E-state index contributed by atoms with van der Waals surface area (Å²) in [5.74, 6) is -0.512. The molecular weight excluding hydrogens is 390 g/mol. The summed E-state index contributed by atoms with van der Waals surface area (Å²) in [6.45, 7) is 1.59. The number of amides is 1. The fourth-order valence-corrected chi connectivity index (χ4v) is 2.95. The molecule has 0 aliphatic rings. The molecular formula is C18H18BrNO3S. The molecule has 0 saturated carbocycles. The third-order valence-electron chi connectivity index (χ3n) is 3.30. The van der Waals surface area contributed by atoms with Gasteiger partial charge in [-0.1, -0.05) is 34.1 Å². The molecule has 0 bridgehead atoms. The molecule has 6 heteroatoms. The number of para-hydroxylation sites is 1. The van der Waals surface area contributed by atoms with Gasteiger partial charge in [-0.05, 0) is 43.3 Å². The number of anilines is 1. The Labute approximate surface area is 154 Å². The van der Waals surface area contributed by atoms with E-state index in [-0.39, 0.29) is 11.7 Å². The van der Waals surface area contributed by atoms with Crippen LogP contribution in [0.5, 0.6) is 0 Å². The number of likely N-dealkylation sites (N-methyl/N-ethyl adjacent to an activating group) is 1. The lowest BCUT2D eigenvalue weighted by molar-refractivity contribution is -0.151. The standard InChI is InChI=1S/C18H18BrNO3S/c1-13(18(22)20(2)15-6-4-3-5-7-15)23-17(21)12-24-16-10-8-14(19)9-11-16/h3-11,13H,12H2,1-2H3/t13-/m1/s1. The van der Waals surface area contributed by atoms with Gasteiger partial charge in [-0.3, -0.25) is 9.59 Å². The Kier molecular flexibility index (Phi) is 6.87. The molecule has 0 unspecified atom stereocenters. The lowest BCUT2D eigenvalue weighted by atomic mass is 10.2. The minimum atomic E-state index is -0.826. The number of thioether (sulfide) groups is 1. The van der Waals surface area contributed by atoms with Crippen molar-refractivity contribution in [2.45, 2.75) is 17.9 Å². The number of hydrogen-bond donors (Lipinski definition) is 0. The number of halogens is 1. The van der Waals surface area contributed by atoms with Crippen molar-refractivity contribution in [2.24, 2.45) is 0 Å². The maximum absolute atomic E-state index is 12.3. The molecule has 0 aliphatic heterocycles. The largest absolute Gasteiger partial charge is 0.452 e. The van der Waals surface area contributed by atoms with E-state index < -0.39 is 12.1 Å². The summed E-state index contributed by atoms with van der Waals surface area (Å²) in [6, 6.07) is 16.9. The molecule has 0 heterocycles. The molecule has 4 nitrogen and oxygen atoms in total. The first-order valence-electron chi connectivity index (χ1n) is 7.38. The highest BCUT2D eigenvalue weighted by Gasteiger charge is 2.22. The van der Waals surface area contributed by atoms with E-state index in [0.29, 0.717) is 0 Å². The van der Waals surface area contributed by atoms with Crippen LogP contribution in [0.1, 0.15) is 6.92 Å². The van der Waals surface area contributed by atoms with Crippen LogP contribution >= 0.6 is 27.7 Å². The maximum Gasteiger partial charge on any atom is 0.317 e. The van der Waals surface area contributed by atoms with Gasteiger partial charge < -0.3 is 9.64 Å². The summed E-state index contributed by atoms with van der Waals surface area (Å²) in [6.07, 6.45) is -0.826. The maximum atomic E-state index is 12.3. The van der Waals surface area contributed by atoms with E-state index in [1.165, 1.54) is 16.7 Å². The number of carbonyl (C=O) groups excluding carboxylic acids is 2. The molecule has 1 atom stereocenters. The fraction of sp³-hybridized carbons (Fsp3) is 0.222. The Balaban J connectivity index is 1.84. The van der Waals surface area contributed by atoms with Crippen molar-refractivity contribution in [3.05, 3.63) is 59.1 Å². The van der Waals surface area contributed by atoms with E-state index in [1.807, 2.05) is 54.6 Å². The SMILES string of the molecule is C[C@@H](OC(=O)CSc1ccc(Br)cc1)C(=O)N(C)c1ccccc1. The first-order chi connectivity index (χ1) is 11.5. The average Bonchev–Trinajstić information content (AvgIpc) is 2.60. The van der Waals surface area contributed by atoms with Gasteiger partial charge in [0, 0.05) is 22.1 Å². The van der Waals surface area contributed by atoms with Crippen LogP contribution in [0, 0.1) is 0 Å². The topological polar surface area (TPSA) is 46.6 Å². The summed E-state index contributed by atoms with van der Waals surface area (Å²) in [7, 11) is 1.67. The number of nitrogens with zero attached hydrogens (tertiary/aromatic N) is 1. The normalized spacial score (nSPS) is 11.6. The quantitative estimate of drug-likeness (QED) is 0.533. The van der Waals surface area contributed by atoms with Gasteiger partial charge in [0.1, 0.15) is 0 Å². The van der Waals surface area contributed by atoms with Gasteiger partial charge in [-0.25, -0.2) is 0 Å².